The highest BCUT2D eigenvalue weighted by Crippen LogP contribution is 2.23. The van der Waals surface area contributed by atoms with Gasteiger partial charge < -0.3 is 5.32 Å². The molecule has 0 amide bonds. The lowest BCUT2D eigenvalue weighted by atomic mass is 9.85. The minimum Gasteiger partial charge on any atom is -0.317 e. The monoisotopic (exact) mass is 237 g/mol. The third kappa shape index (κ3) is 4.86. The Morgan fingerprint density at radius 2 is 1.94 bits per heavy atom. The Morgan fingerprint density at radius 1 is 1.29 bits per heavy atom. The Morgan fingerprint density at radius 3 is 2.47 bits per heavy atom. The van der Waals surface area contributed by atoms with Gasteiger partial charge in [0, 0.05) is 6.04 Å². The summed E-state index contributed by atoms with van der Waals surface area (Å²) in [5, 5.41) is 3.33. The molecule has 1 aromatic rings. The van der Waals surface area contributed by atoms with Crippen molar-refractivity contribution in [1.82, 2.24) is 5.32 Å². The SMILES string of the molecule is CNC(Cc1cc(F)ccc1C)CC(C)(C)C. The molecule has 1 unspecified atom stereocenters. The maximum atomic E-state index is 13.2. The summed E-state index contributed by atoms with van der Waals surface area (Å²) in [5.41, 5.74) is 2.56. The van der Waals surface area contributed by atoms with E-state index in [0.717, 1.165) is 18.4 Å². The molecule has 96 valence electrons. The molecule has 0 aromatic heterocycles. The Bertz CT molecular complexity index is 366. The van der Waals surface area contributed by atoms with Crippen LogP contribution in [-0.4, -0.2) is 13.1 Å². The molecule has 1 aromatic carbocycles. The summed E-state index contributed by atoms with van der Waals surface area (Å²) in [5.74, 6) is -0.142. The van der Waals surface area contributed by atoms with E-state index < -0.39 is 0 Å². The molecule has 0 saturated carbocycles. The summed E-state index contributed by atoms with van der Waals surface area (Å²) in [6.45, 7) is 8.74. The number of halogens is 1. The van der Waals surface area contributed by atoms with Gasteiger partial charge in [-0.2, -0.15) is 0 Å². The van der Waals surface area contributed by atoms with Gasteiger partial charge in [-0.25, -0.2) is 4.39 Å². The Balaban J connectivity index is 2.77. The first-order chi connectivity index (χ1) is 7.81. The van der Waals surface area contributed by atoms with E-state index in [1.54, 1.807) is 6.07 Å². The second-order valence-corrected chi connectivity index (χ2v) is 6.03. The van der Waals surface area contributed by atoms with E-state index in [1.807, 2.05) is 20.0 Å². The Kier molecular flexibility index (Phi) is 4.70. The minimum absolute atomic E-state index is 0.142. The van der Waals surface area contributed by atoms with E-state index in [1.165, 1.54) is 11.6 Å². The van der Waals surface area contributed by atoms with Gasteiger partial charge in [-0.1, -0.05) is 26.8 Å². The van der Waals surface area contributed by atoms with E-state index in [9.17, 15) is 4.39 Å². The quantitative estimate of drug-likeness (QED) is 0.842. The molecule has 0 aliphatic heterocycles. The molecule has 0 aliphatic rings. The summed E-state index contributed by atoms with van der Waals surface area (Å²) in [7, 11) is 1.98. The van der Waals surface area contributed by atoms with Crippen molar-refractivity contribution < 1.29 is 4.39 Å². The minimum atomic E-state index is -0.142. The number of hydrogen-bond acceptors (Lipinski definition) is 1. The second-order valence-electron chi connectivity index (χ2n) is 6.03. The average Bonchev–Trinajstić information content (AvgIpc) is 2.20. The van der Waals surface area contributed by atoms with Crippen LogP contribution in [0.5, 0.6) is 0 Å². The topological polar surface area (TPSA) is 12.0 Å². The zero-order valence-electron chi connectivity index (χ0n) is 11.6. The molecule has 1 atom stereocenters. The molecular formula is C15H24FN. The first kappa shape index (κ1) is 14.2. The molecule has 0 heterocycles. The molecule has 1 nitrogen and oxygen atoms in total. The van der Waals surface area contributed by atoms with E-state index >= 15 is 0 Å². The first-order valence-electron chi connectivity index (χ1n) is 6.24. The highest BCUT2D eigenvalue weighted by atomic mass is 19.1. The van der Waals surface area contributed by atoms with Crippen LogP contribution in [-0.2, 0) is 6.42 Å². The van der Waals surface area contributed by atoms with Crippen LogP contribution in [0.15, 0.2) is 18.2 Å². The molecule has 0 aliphatic carbocycles. The van der Waals surface area contributed by atoms with E-state index in [-0.39, 0.29) is 11.2 Å². The highest BCUT2D eigenvalue weighted by molar-refractivity contribution is 5.27. The third-order valence-corrected chi connectivity index (χ3v) is 3.04. The number of nitrogens with one attached hydrogen (secondary N) is 1. The van der Waals surface area contributed by atoms with E-state index in [2.05, 4.69) is 26.1 Å². The lowest BCUT2D eigenvalue weighted by Crippen LogP contribution is -2.32. The standard InChI is InChI=1S/C15H24FN/c1-11-6-7-13(16)8-12(11)9-14(17-5)10-15(2,3)4/h6-8,14,17H,9-10H2,1-5H3. The fourth-order valence-corrected chi connectivity index (χ4v) is 2.14. The fourth-order valence-electron chi connectivity index (χ4n) is 2.14. The maximum absolute atomic E-state index is 13.2. The van der Waals surface area contributed by atoms with Crippen molar-refractivity contribution in [3.63, 3.8) is 0 Å². The number of rotatable bonds is 4. The van der Waals surface area contributed by atoms with Crippen molar-refractivity contribution >= 4 is 0 Å². The van der Waals surface area contributed by atoms with Gasteiger partial charge in [-0.3, -0.25) is 0 Å². The zero-order valence-corrected chi connectivity index (χ0v) is 11.6. The van der Waals surface area contributed by atoms with Gasteiger partial charge in [0.25, 0.3) is 0 Å². The predicted molar refractivity (Wildman–Crippen MR) is 71.8 cm³/mol. The van der Waals surface area contributed by atoms with E-state index in [0.29, 0.717) is 6.04 Å². The predicted octanol–water partition coefficient (Wildman–Crippen LogP) is 3.70. The van der Waals surface area contributed by atoms with Crippen LogP contribution >= 0.6 is 0 Å². The van der Waals surface area contributed by atoms with Gasteiger partial charge in [-0.05, 0) is 55.5 Å². The first-order valence-corrected chi connectivity index (χ1v) is 6.24. The van der Waals surface area contributed by atoms with Gasteiger partial charge in [0.1, 0.15) is 5.82 Å². The Hall–Kier alpha value is -0.890. The van der Waals surface area contributed by atoms with Crippen LogP contribution < -0.4 is 5.32 Å². The summed E-state index contributed by atoms with van der Waals surface area (Å²) in [4.78, 5) is 0. The van der Waals surface area contributed by atoms with E-state index in [4.69, 9.17) is 0 Å². The zero-order chi connectivity index (χ0) is 13.1. The van der Waals surface area contributed by atoms with Crippen molar-refractivity contribution in [3.05, 3.63) is 35.1 Å². The normalized spacial score (nSPS) is 13.8. The smallest absolute Gasteiger partial charge is 0.123 e. The second kappa shape index (κ2) is 5.63. The van der Waals surface area contributed by atoms with Gasteiger partial charge >= 0.3 is 0 Å². The largest absolute Gasteiger partial charge is 0.317 e. The highest BCUT2D eigenvalue weighted by Gasteiger charge is 2.18. The lowest BCUT2D eigenvalue weighted by molar-refractivity contribution is 0.315. The van der Waals surface area contributed by atoms with Crippen LogP contribution in [0.3, 0.4) is 0 Å². The molecule has 2 heteroatoms. The summed E-state index contributed by atoms with van der Waals surface area (Å²) in [6.07, 6.45) is 1.97. The molecule has 1 N–H and O–H groups in total. The van der Waals surface area contributed by atoms with Crippen LogP contribution in [0.2, 0.25) is 0 Å². The summed E-state index contributed by atoms with van der Waals surface area (Å²) in [6, 6.07) is 5.43. The van der Waals surface area contributed by atoms with Crippen LogP contribution in [0.25, 0.3) is 0 Å². The number of aryl methyl sites for hydroxylation is 1. The number of benzene rings is 1. The van der Waals surface area contributed by atoms with Crippen molar-refractivity contribution in [2.45, 2.75) is 46.6 Å². The summed E-state index contributed by atoms with van der Waals surface area (Å²) >= 11 is 0. The van der Waals surface area contributed by atoms with Gasteiger partial charge in [0.15, 0.2) is 0 Å². The molecular weight excluding hydrogens is 213 g/mol. The lowest BCUT2D eigenvalue weighted by Gasteiger charge is -2.26. The van der Waals surface area contributed by atoms with Gasteiger partial charge in [-0.15, -0.1) is 0 Å². The Labute approximate surface area is 104 Å². The third-order valence-electron chi connectivity index (χ3n) is 3.04. The molecule has 0 fully saturated rings. The molecule has 0 radical (unpaired) electrons. The molecule has 17 heavy (non-hydrogen) atoms. The van der Waals surface area contributed by atoms with Crippen molar-refractivity contribution in [2.75, 3.05) is 7.05 Å². The van der Waals surface area contributed by atoms with Gasteiger partial charge in [0.05, 0.1) is 0 Å². The van der Waals surface area contributed by atoms with Gasteiger partial charge in [0.2, 0.25) is 0 Å². The van der Waals surface area contributed by atoms with Crippen molar-refractivity contribution in [2.24, 2.45) is 5.41 Å². The number of likely N-dealkylation sites (N-methyl/N-ethyl adjacent to an activating group) is 1. The van der Waals surface area contributed by atoms with Crippen molar-refractivity contribution in [1.29, 1.82) is 0 Å². The fraction of sp³-hybridized carbons (Fsp3) is 0.600. The average molecular weight is 237 g/mol. The number of hydrogen-bond donors (Lipinski definition) is 1. The molecule has 0 bridgehead atoms. The molecule has 0 saturated heterocycles. The van der Waals surface area contributed by atoms with Crippen LogP contribution in [0.4, 0.5) is 4.39 Å². The molecule has 1 rings (SSSR count). The molecule has 0 spiro atoms. The van der Waals surface area contributed by atoms with Crippen molar-refractivity contribution in [3.8, 4) is 0 Å². The maximum Gasteiger partial charge on any atom is 0.123 e. The summed E-state index contributed by atoms with van der Waals surface area (Å²) < 4.78 is 13.2. The van der Waals surface area contributed by atoms with Crippen LogP contribution in [0, 0.1) is 18.2 Å². The van der Waals surface area contributed by atoms with Crippen LogP contribution in [0.1, 0.15) is 38.3 Å².